The molecule has 0 saturated carbocycles. The van der Waals surface area contributed by atoms with Crippen molar-refractivity contribution in [2.24, 2.45) is 16.6 Å². The Morgan fingerprint density at radius 2 is 1.85 bits per heavy atom. The standard InChI is InChI=1S/C28H24F2N4O5/c1-15(10-16-6-8-19(29)20(30)11-16)27(36)33-26-28(37)34(13-24(31)35)21-5-3-2-4-18(21)25(32-26)17-7-9-22-23(12-17)39-14-38-22/h2-9,11-12,15,26H,10,13-14H2,1H3,(H2,31,35)(H,33,36)/t15-,26+/m0/s1. The fourth-order valence-electron chi connectivity index (χ4n) is 4.51. The van der Waals surface area contributed by atoms with Gasteiger partial charge in [0, 0.05) is 17.0 Å². The molecule has 200 valence electrons. The number of nitrogens with one attached hydrogen (secondary N) is 1. The van der Waals surface area contributed by atoms with Crippen LogP contribution in [0, 0.1) is 17.6 Å². The molecule has 0 bridgehead atoms. The Morgan fingerprint density at radius 1 is 1.08 bits per heavy atom. The van der Waals surface area contributed by atoms with Crippen LogP contribution in [0.1, 0.15) is 23.6 Å². The number of carbonyl (C=O) groups is 3. The number of benzene rings is 3. The molecule has 0 spiro atoms. The van der Waals surface area contributed by atoms with Crippen LogP contribution in [0.2, 0.25) is 0 Å². The third kappa shape index (κ3) is 5.28. The van der Waals surface area contributed by atoms with Gasteiger partial charge >= 0.3 is 0 Å². The Balaban J connectivity index is 1.51. The van der Waals surface area contributed by atoms with Crippen LogP contribution < -0.4 is 25.4 Å². The average Bonchev–Trinajstić information content (AvgIpc) is 3.35. The lowest BCUT2D eigenvalue weighted by Crippen LogP contribution is -2.50. The molecule has 11 heteroatoms. The third-order valence-electron chi connectivity index (χ3n) is 6.42. The molecule has 2 aliphatic rings. The van der Waals surface area contributed by atoms with Gasteiger partial charge in [-0.2, -0.15) is 0 Å². The molecule has 2 atom stereocenters. The molecule has 3 aromatic carbocycles. The Bertz CT molecular complexity index is 1510. The summed E-state index contributed by atoms with van der Waals surface area (Å²) in [7, 11) is 0. The summed E-state index contributed by atoms with van der Waals surface area (Å²) in [6.45, 7) is 1.23. The maximum Gasteiger partial charge on any atom is 0.272 e. The molecule has 3 N–H and O–H groups in total. The van der Waals surface area contributed by atoms with Crippen molar-refractivity contribution in [2.45, 2.75) is 19.5 Å². The number of fused-ring (bicyclic) bond motifs is 2. The van der Waals surface area contributed by atoms with E-state index in [4.69, 9.17) is 15.2 Å². The second kappa shape index (κ2) is 10.5. The quantitative estimate of drug-likeness (QED) is 0.483. The minimum Gasteiger partial charge on any atom is -0.454 e. The molecular formula is C28H24F2N4O5. The number of para-hydroxylation sites is 1. The first-order valence-electron chi connectivity index (χ1n) is 12.1. The molecule has 0 unspecified atom stereocenters. The minimum absolute atomic E-state index is 0.0707. The van der Waals surface area contributed by atoms with Crippen LogP contribution in [0.5, 0.6) is 11.5 Å². The molecule has 2 aliphatic heterocycles. The Kier molecular flexibility index (Phi) is 6.97. The van der Waals surface area contributed by atoms with Gasteiger partial charge in [-0.15, -0.1) is 0 Å². The Labute approximate surface area is 222 Å². The third-order valence-corrected chi connectivity index (χ3v) is 6.42. The van der Waals surface area contributed by atoms with Gasteiger partial charge in [0.2, 0.25) is 24.8 Å². The van der Waals surface area contributed by atoms with E-state index >= 15 is 0 Å². The lowest BCUT2D eigenvalue weighted by atomic mass is 9.99. The number of amides is 3. The highest BCUT2D eigenvalue weighted by molar-refractivity contribution is 6.21. The van der Waals surface area contributed by atoms with Crippen molar-refractivity contribution >= 4 is 29.1 Å². The topological polar surface area (TPSA) is 123 Å². The maximum absolute atomic E-state index is 13.7. The number of aliphatic imine (C=N–C) groups is 1. The highest BCUT2D eigenvalue weighted by Gasteiger charge is 2.34. The molecule has 0 aliphatic carbocycles. The average molecular weight is 535 g/mol. The van der Waals surface area contributed by atoms with Crippen molar-refractivity contribution in [3.63, 3.8) is 0 Å². The van der Waals surface area contributed by atoms with Crippen LogP contribution >= 0.6 is 0 Å². The summed E-state index contributed by atoms with van der Waals surface area (Å²) in [5.41, 5.74) is 7.77. The fourth-order valence-corrected chi connectivity index (χ4v) is 4.51. The molecule has 39 heavy (non-hydrogen) atoms. The second-order valence-corrected chi connectivity index (χ2v) is 9.22. The number of hydrogen-bond acceptors (Lipinski definition) is 6. The number of benzodiazepines with no additional fused rings is 1. The van der Waals surface area contributed by atoms with Crippen molar-refractivity contribution in [1.29, 1.82) is 0 Å². The summed E-state index contributed by atoms with van der Waals surface area (Å²) in [5, 5.41) is 2.65. The van der Waals surface area contributed by atoms with Gasteiger partial charge in [-0.1, -0.05) is 31.2 Å². The van der Waals surface area contributed by atoms with Gasteiger partial charge in [-0.05, 0) is 48.4 Å². The van der Waals surface area contributed by atoms with Gasteiger partial charge in [-0.3, -0.25) is 19.3 Å². The van der Waals surface area contributed by atoms with Gasteiger partial charge < -0.3 is 20.5 Å². The number of anilines is 1. The molecule has 3 amide bonds. The largest absolute Gasteiger partial charge is 0.454 e. The molecular weight excluding hydrogens is 510 g/mol. The monoisotopic (exact) mass is 534 g/mol. The number of nitrogens with two attached hydrogens (primary N) is 1. The van der Waals surface area contributed by atoms with Crippen LogP contribution in [-0.2, 0) is 20.8 Å². The van der Waals surface area contributed by atoms with Crippen LogP contribution in [0.15, 0.2) is 65.7 Å². The molecule has 0 radical (unpaired) electrons. The fraction of sp³-hybridized carbons (Fsp3) is 0.214. The van der Waals surface area contributed by atoms with E-state index in [-0.39, 0.29) is 13.2 Å². The van der Waals surface area contributed by atoms with Crippen molar-refractivity contribution in [1.82, 2.24) is 5.32 Å². The van der Waals surface area contributed by atoms with Crippen molar-refractivity contribution in [3.05, 3.63) is 89.0 Å². The first-order valence-corrected chi connectivity index (χ1v) is 12.1. The first kappa shape index (κ1) is 25.8. The lowest BCUT2D eigenvalue weighted by molar-refractivity contribution is -0.129. The van der Waals surface area contributed by atoms with Crippen LogP contribution in [0.25, 0.3) is 0 Å². The summed E-state index contributed by atoms with van der Waals surface area (Å²) >= 11 is 0. The molecule has 0 aromatic heterocycles. The summed E-state index contributed by atoms with van der Waals surface area (Å²) in [6.07, 6.45) is -1.31. The smallest absolute Gasteiger partial charge is 0.272 e. The van der Waals surface area contributed by atoms with Crippen molar-refractivity contribution < 1.29 is 32.6 Å². The van der Waals surface area contributed by atoms with Crippen molar-refractivity contribution in [2.75, 3.05) is 18.2 Å². The summed E-state index contributed by atoms with van der Waals surface area (Å²) < 4.78 is 37.9. The maximum atomic E-state index is 13.7. The zero-order chi connectivity index (χ0) is 27.7. The molecule has 9 nitrogen and oxygen atoms in total. The molecule has 0 fully saturated rings. The number of carbonyl (C=O) groups excluding carboxylic acids is 3. The number of ether oxygens (including phenoxy) is 2. The van der Waals surface area contributed by atoms with E-state index < -0.39 is 48.0 Å². The highest BCUT2D eigenvalue weighted by Crippen LogP contribution is 2.35. The number of primary amides is 1. The van der Waals surface area contributed by atoms with Crippen LogP contribution in [0.4, 0.5) is 14.5 Å². The normalized spacial score (nSPS) is 16.7. The predicted molar refractivity (Wildman–Crippen MR) is 137 cm³/mol. The first-order chi connectivity index (χ1) is 18.7. The second-order valence-electron chi connectivity index (χ2n) is 9.22. The molecule has 2 heterocycles. The minimum atomic E-state index is -1.41. The Morgan fingerprint density at radius 3 is 2.62 bits per heavy atom. The number of rotatable bonds is 7. The Hall–Kier alpha value is -4.80. The summed E-state index contributed by atoms with van der Waals surface area (Å²) in [6, 6.07) is 15.5. The van der Waals surface area contributed by atoms with Crippen molar-refractivity contribution in [3.8, 4) is 11.5 Å². The number of hydrogen-bond donors (Lipinski definition) is 2. The molecule has 5 rings (SSSR count). The van der Waals surface area contributed by atoms with Crippen LogP contribution in [-0.4, -0.2) is 42.9 Å². The van der Waals surface area contributed by atoms with E-state index in [1.165, 1.54) is 11.0 Å². The van der Waals surface area contributed by atoms with E-state index in [0.29, 0.717) is 39.6 Å². The van der Waals surface area contributed by atoms with Gasteiger partial charge in [0.15, 0.2) is 23.1 Å². The van der Waals surface area contributed by atoms with Gasteiger partial charge in [0.05, 0.1) is 11.4 Å². The molecule has 3 aromatic rings. The lowest BCUT2D eigenvalue weighted by Gasteiger charge is -2.24. The zero-order valence-electron chi connectivity index (χ0n) is 20.8. The van der Waals surface area contributed by atoms with E-state index in [1.807, 2.05) is 0 Å². The SMILES string of the molecule is C[C@@H](Cc1ccc(F)c(F)c1)C(=O)N[C@H]1N=C(c2ccc3c(c2)OCO3)c2ccccc2N(CC(N)=O)C1=O. The van der Waals surface area contributed by atoms with E-state index in [2.05, 4.69) is 10.3 Å². The zero-order valence-corrected chi connectivity index (χ0v) is 20.8. The van der Waals surface area contributed by atoms with E-state index in [9.17, 15) is 23.2 Å². The highest BCUT2D eigenvalue weighted by atomic mass is 19.2. The molecule has 0 saturated heterocycles. The van der Waals surface area contributed by atoms with Gasteiger partial charge in [0.25, 0.3) is 5.91 Å². The number of halogens is 2. The summed E-state index contributed by atoms with van der Waals surface area (Å²) in [5.74, 6) is -3.62. The predicted octanol–water partition coefficient (Wildman–Crippen LogP) is 2.68. The van der Waals surface area contributed by atoms with E-state index in [0.717, 1.165) is 12.1 Å². The summed E-state index contributed by atoms with van der Waals surface area (Å²) in [4.78, 5) is 44.6. The number of nitrogens with zero attached hydrogens (tertiary/aromatic N) is 2. The van der Waals surface area contributed by atoms with Gasteiger partial charge in [-0.25, -0.2) is 13.8 Å². The van der Waals surface area contributed by atoms with Gasteiger partial charge in [0.1, 0.15) is 6.54 Å². The van der Waals surface area contributed by atoms with E-state index in [1.54, 1.807) is 49.4 Å². The van der Waals surface area contributed by atoms with Crippen LogP contribution in [0.3, 0.4) is 0 Å².